The molecule has 3 aromatic rings. The van der Waals surface area contributed by atoms with Crippen LogP contribution >= 0.6 is 0 Å². The Morgan fingerprint density at radius 3 is 2.47 bits per heavy atom. The summed E-state index contributed by atoms with van der Waals surface area (Å²) >= 11 is 0. The maximum Gasteiger partial charge on any atom is 0.343 e. The first-order valence-electron chi connectivity index (χ1n) is 10.7. The predicted octanol–water partition coefficient (Wildman–Crippen LogP) is 3.31. The van der Waals surface area contributed by atoms with Crippen molar-refractivity contribution in [1.29, 1.82) is 0 Å². The molecule has 4 amide bonds. The fourth-order valence-electron chi connectivity index (χ4n) is 3.72. The standard InChI is InChI=1S/C26H18N2O8/c1-33-20-9-5-3-7-18(20)28-24(30)17(23(29)27-26(28)32)12-15-6-2-4-8-19(15)36-25(31)16-10-11-21-22(13-16)35-14-34-21/h2-13H,14H2,1H3,(H,27,29,32)/b17-12-. The van der Waals surface area contributed by atoms with Crippen LogP contribution in [0, 0.1) is 0 Å². The molecule has 0 bridgehead atoms. The van der Waals surface area contributed by atoms with Crippen LogP contribution in [-0.4, -0.2) is 37.7 Å². The van der Waals surface area contributed by atoms with Crippen LogP contribution in [0.25, 0.3) is 6.08 Å². The van der Waals surface area contributed by atoms with Crippen molar-refractivity contribution in [2.24, 2.45) is 0 Å². The molecule has 0 radical (unpaired) electrons. The number of benzene rings is 3. The molecule has 1 fully saturated rings. The van der Waals surface area contributed by atoms with E-state index in [0.717, 1.165) is 4.90 Å². The molecule has 0 saturated carbocycles. The van der Waals surface area contributed by atoms with Gasteiger partial charge < -0.3 is 18.9 Å². The molecule has 10 heteroatoms. The van der Waals surface area contributed by atoms with Gasteiger partial charge in [-0.15, -0.1) is 0 Å². The van der Waals surface area contributed by atoms with Gasteiger partial charge in [0.1, 0.15) is 17.1 Å². The normalized spacial score (nSPS) is 15.6. The van der Waals surface area contributed by atoms with Gasteiger partial charge in [0, 0.05) is 5.56 Å². The fraction of sp³-hybridized carbons (Fsp3) is 0.0769. The Hall–Kier alpha value is -5.12. The number of urea groups is 1. The van der Waals surface area contributed by atoms with Crippen LogP contribution in [0.1, 0.15) is 15.9 Å². The van der Waals surface area contributed by atoms with Crippen molar-refractivity contribution < 1.29 is 38.1 Å². The van der Waals surface area contributed by atoms with Gasteiger partial charge in [0.15, 0.2) is 11.5 Å². The molecule has 2 aliphatic rings. The number of hydrogen-bond acceptors (Lipinski definition) is 8. The number of rotatable bonds is 5. The van der Waals surface area contributed by atoms with Gasteiger partial charge in [-0.1, -0.05) is 30.3 Å². The fourth-order valence-corrected chi connectivity index (χ4v) is 3.72. The third kappa shape index (κ3) is 4.11. The number of fused-ring (bicyclic) bond motifs is 1. The van der Waals surface area contributed by atoms with Gasteiger partial charge in [-0.3, -0.25) is 14.9 Å². The number of carbonyl (C=O) groups excluding carboxylic acids is 4. The smallest absolute Gasteiger partial charge is 0.343 e. The number of carbonyl (C=O) groups is 4. The predicted molar refractivity (Wildman–Crippen MR) is 126 cm³/mol. The second kappa shape index (κ2) is 9.26. The maximum absolute atomic E-state index is 13.3. The van der Waals surface area contributed by atoms with Crippen molar-refractivity contribution >= 4 is 35.6 Å². The molecule has 2 heterocycles. The quantitative estimate of drug-likeness (QED) is 0.252. The molecule has 3 aromatic carbocycles. The van der Waals surface area contributed by atoms with Crippen molar-refractivity contribution in [3.63, 3.8) is 0 Å². The topological polar surface area (TPSA) is 120 Å². The molecule has 1 N–H and O–H groups in total. The van der Waals surface area contributed by atoms with Crippen molar-refractivity contribution in [1.82, 2.24) is 5.32 Å². The van der Waals surface area contributed by atoms with E-state index in [9.17, 15) is 19.2 Å². The van der Waals surface area contributed by atoms with Crippen molar-refractivity contribution in [3.05, 3.63) is 83.4 Å². The number of para-hydroxylation sites is 3. The van der Waals surface area contributed by atoms with Gasteiger partial charge in [0.2, 0.25) is 6.79 Å². The molecule has 0 aliphatic carbocycles. The summed E-state index contributed by atoms with van der Waals surface area (Å²) in [5.74, 6) is -1.09. The molecule has 0 aromatic heterocycles. The Bertz CT molecular complexity index is 1450. The summed E-state index contributed by atoms with van der Waals surface area (Å²) in [5.41, 5.74) is 0.344. The summed E-state index contributed by atoms with van der Waals surface area (Å²) in [5, 5.41) is 2.16. The van der Waals surface area contributed by atoms with Crippen molar-refractivity contribution in [2.45, 2.75) is 0 Å². The van der Waals surface area contributed by atoms with E-state index in [4.69, 9.17) is 18.9 Å². The molecule has 5 rings (SSSR count). The van der Waals surface area contributed by atoms with E-state index in [2.05, 4.69) is 5.32 Å². The molecule has 2 aliphatic heterocycles. The second-order valence-corrected chi connectivity index (χ2v) is 7.63. The summed E-state index contributed by atoms with van der Waals surface area (Å²) in [4.78, 5) is 52.0. The van der Waals surface area contributed by atoms with E-state index in [0.29, 0.717) is 11.5 Å². The number of ether oxygens (including phenoxy) is 4. The monoisotopic (exact) mass is 486 g/mol. The van der Waals surface area contributed by atoms with Crippen LogP contribution in [0.15, 0.2) is 72.3 Å². The highest BCUT2D eigenvalue weighted by Gasteiger charge is 2.38. The summed E-state index contributed by atoms with van der Waals surface area (Å²) in [6, 6.07) is 16.5. The van der Waals surface area contributed by atoms with Gasteiger partial charge in [0.25, 0.3) is 11.8 Å². The lowest BCUT2D eigenvalue weighted by Crippen LogP contribution is -2.54. The first-order valence-corrected chi connectivity index (χ1v) is 10.7. The molecule has 0 unspecified atom stereocenters. The lowest BCUT2D eigenvalue weighted by Gasteiger charge is -2.27. The van der Waals surface area contributed by atoms with Crippen LogP contribution in [0.4, 0.5) is 10.5 Å². The third-order valence-corrected chi connectivity index (χ3v) is 5.46. The number of nitrogens with zero attached hydrogens (tertiary/aromatic N) is 1. The Morgan fingerprint density at radius 2 is 1.67 bits per heavy atom. The van der Waals surface area contributed by atoms with E-state index < -0.39 is 23.8 Å². The van der Waals surface area contributed by atoms with Gasteiger partial charge in [-0.05, 0) is 42.5 Å². The zero-order chi connectivity index (χ0) is 25.2. The summed E-state index contributed by atoms with van der Waals surface area (Å²) in [6.45, 7) is 0.0642. The van der Waals surface area contributed by atoms with Gasteiger partial charge >= 0.3 is 12.0 Å². The molecular formula is C26H18N2O8. The minimum atomic E-state index is -0.908. The molecule has 10 nitrogen and oxygen atoms in total. The molecule has 1 saturated heterocycles. The second-order valence-electron chi connectivity index (χ2n) is 7.63. The van der Waals surface area contributed by atoms with E-state index >= 15 is 0 Å². The van der Waals surface area contributed by atoms with Crippen LogP contribution in [0.3, 0.4) is 0 Å². The molecule has 180 valence electrons. The highest BCUT2D eigenvalue weighted by Crippen LogP contribution is 2.34. The average Bonchev–Trinajstić information content (AvgIpc) is 3.35. The zero-order valence-corrected chi connectivity index (χ0v) is 18.8. The van der Waals surface area contributed by atoms with Crippen molar-refractivity contribution in [2.75, 3.05) is 18.8 Å². The first-order chi connectivity index (χ1) is 17.5. The maximum atomic E-state index is 13.3. The number of methoxy groups -OCH3 is 1. The van der Waals surface area contributed by atoms with E-state index in [1.807, 2.05) is 0 Å². The van der Waals surface area contributed by atoms with Crippen LogP contribution < -0.4 is 29.2 Å². The molecular weight excluding hydrogens is 468 g/mol. The number of nitrogens with one attached hydrogen (secondary N) is 1. The van der Waals surface area contributed by atoms with E-state index in [1.54, 1.807) is 42.5 Å². The number of anilines is 1. The van der Waals surface area contributed by atoms with Crippen LogP contribution in [0.2, 0.25) is 0 Å². The lowest BCUT2D eigenvalue weighted by atomic mass is 10.1. The van der Waals surface area contributed by atoms with Crippen LogP contribution in [0.5, 0.6) is 23.0 Å². The Morgan fingerprint density at radius 1 is 0.944 bits per heavy atom. The first kappa shape index (κ1) is 22.7. The average molecular weight is 486 g/mol. The third-order valence-electron chi connectivity index (χ3n) is 5.46. The molecule has 0 atom stereocenters. The summed E-state index contributed by atoms with van der Waals surface area (Å²) in [7, 11) is 1.40. The number of esters is 1. The minimum Gasteiger partial charge on any atom is -0.495 e. The number of imide groups is 2. The van der Waals surface area contributed by atoms with Crippen molar-refractivity contribution in [3.8, 4) is 23.0 Å². The van der Waals surface area contributed by atoms with Gasteiger partial charge in [-0.2, -0.15) is 0 Å². The van der Waals surface area contributed by atoms with Gasteiger partial charge in [-0.25, -0.2) is 14.5 Å². The van der Waals surface area contributed by atoms with E-state index in [1.165, 1.54) is 37.5 Å². The minimum absolute atomic E-state index is 0.0642. The largest absolute Gasteiger partial charge is 0.495 e. The molecule has 36 heavy (non-hydrogen) atoms. The summed E-state index contributed by atoms with van der Waals surface area (Å²) < 4.78 is 21.4. The SMILES string of the molecule is COc1ccccc1N1C(=O)NC(=O)/C(=C/c2ccccc2OC(=O)c2ccc3c(c2)OCO3)C1=O. The Kier molecular flexibility index (Phi) is 5.83. The Labute approximate surface area is 204 Å². The zero-order valence-electron chi connectivity index (χ0n) is 18.8. The number of barbiturate groups is 1. The number of hydrogen-bond donors (Lipinski definition) is 1. The number of amides is 4. The summed E-state index contributed by atoms with van der Waals surface area (Å²) in [6.07, 6.45) is 1.26. The Balaban J connectivity index is 1.46. The van der Waals surface area contributed by atoms with Gasteiger partial charge in [0.05, 0.1) is 18.4 Å². The highest BCUT2D eigenvalue weighted by molar-refractivity contribution is 6.39. The lowest BCUT2D eigenvalue weighted by molar-refractivity contribution is -0.122. The molecule has 0 spiro atoms. The van der Waals surface area contributed by atoms with E-state index in [-0.39, 0.29) is 40.7 Å². The van der Waals surface area contributed by atoms with Crippen LogP contribution in [-0.2, 0) is 9.59 Å². The highest BCUT2D eigenvalue weighted by atomic mass is 16.7.